The lowest BCUT2D eigenvalue weighted by Gasteiger charge is -2.04. The minimum Gasteiger partial charge on any atom is -0.366 e. The second-order valence-corrected chi connectivity index (χ2v) is 3.26. The number of amides is 1. The summed E-state index contributed by atoms with van der Waals surface area (Å²) < 4.78 is 14.9. The molecule has 0 aliphatic carbocycles. The molecule has 0 fully saturated rings. The molecule has 0 atom stereocenters. The lowest BCUT2D eigenvalue weighted by atomic mass is 10.1. The highest BCUT2D eigenvalue weighted by Gasteiger charge is 2.07. The SMILES string of the molecule is NC(=O)c1ccc(F)c(Cn2cncn2)c1. The lowest BCUT2D eigenvalue weighted by molar-refractivity contribution is 0.1000. The average molecular weight is 220 g/mol. The van der Waals surface area contributed by atoms with Crippen molar-refractivity contribution in [2.24, 2.45) is 5.73 Å². The van der Waals surface area contributed by atoms with Crippen molar-refractivity contribution in [3.63, 3.8) is 0 Å². The third kappa shape index (κ3) is 2.05. The van der Waals surface area contributed by atoms with Crippen molar-refractivity contribution in [3.8, 4) is 0 Å². The van der Waals surface area contributed by atoms with Gasteiger partial charge in [-0.2, -0.15) is 5.10 Å². The zero-order valence-corrected chi connectivity index (χ0v) is 8.30. The summed E-state index contributed by atoms with van der Waals surface area (Å²) in [5.74, 6) is -0.986. The minimum atomic E-state index is -0.583. The molecular weight excluding hydrogens is 211 g/mol. The Hall–Kier alpha value is -2.24. The summed E-state index contributed by atoms with van der Waals surface area (Å²) in [6.07, 6.45) is 2.83. The van der Waals surface area contributed by atoms with E-state index in [9.17, 15) is 9.18 Å². The Balaban J connectivity index is 2.32. The van der Waals surface area contributed by atoms with Gasteiger partial charge in [0, 0.05) is 11.1 Å². The number of halogens is 1. The Morgan fingerprint density at radius 1 is 1.50 bits per heavy atom. The highest BCUT2D eigenvalue weighted by Crippen LogP contribution is 2.11. The quantitative estimate of drug-likeness (QED) is 0.821. The standard InChI is InChI=1S/C10H9FN4O/c11-9-2-1-7(10(12)16)3-8(9)4-15-6-13-5-14-15/h1-3,5-6H,4H2,(H2,12,16). The topological polar surface area (TPSA) is 73.8 Å². The van der Waals surface area contributed by atoms with Gasteiger partial charge in [-0.3, -0.25) is 4.79 Å². The van der Waals surface area contributed by atoms with Crippen LogP contribution >= 0.6 is 0 Å². The third-order valence-electron chi connectivity index (χ3n) is 2.13. The molecule has 82 valence electrons. The summed E-state index contributed by atoms with van der Waals surface area (Å²) in [5, 5.41) is 3.85. The van der Waals surface area contributed by atoms with Gasteiger partial charge in [0.15, 0.2) is 0 Å². The molecule has 2 rings (SSSR count). The highest BCUT2D eigenvalue weighted by atomic mass is 19.1. The summed E-state index contributed by atoms with van der Waals surface area (Å²) in [6.45, 7) is 0.215. The van der Waals surface area contributed by atoms with E-state index in [-0.39, 0.29) is 12.1 Å². The van der Waals surface area contributed by atoms with E-state index in [1.165, 1.54) is 35.5 Å². The summed E-state index contributed by atoms with van der Waals surface area (Å²) in [5.41, 5.74) is 5.73. The molecule has 1 amide bonds. The molecular formula is C10H9FN4O. The Bertz CT molecular complexity index is 510. The van der Waals surface area contributed by atoms with E-state index in [4.69, 9.17) is 5.73 Å². The Morgan fingerprint density at radius 3 is 2.94 bits per heavy atom. The van der Waals surface area contributed by atoms with Gasteiger partial charge in [-0.25, -0.2) is 14.1 Å². The van der Waals surface area contributed by atoms with E-state index in [0.29, 0.717) is 5.56 Å². The van der Waals surface area contributed by atoms with Crippen LogP contribution in [0.2, 0.25) is 0 Å². The molecule has 0 spiro atoms. The summed E-state index contributed by atoms with van der Waals surface area (Å²) in [6, 6.07) is 3.98. The molecule has 1 aromatic carbocycles. The molecule has 0 aliphatic heterocycles. The zero-order valence-electron chi connectivity index (χ0n) is 8.30. The van der Waals surface area contributed by atoms with Crippen LogP contribution in [0.3, 0.4) is 0 Å². The fourth-order valence-electron chi connectivity index (χ4n) is 1.34. The molecule has 2 N–H and O–H groups in total. The zero-order chi connectivity index (χ0) is 11.5. The molecule has 1 aromatic heterocycles. The molecule has 0 saturated heterocycles. The predicted molar refractivity (Wildman–Crippen MR) is 54.0 cm³/mol. The Morgan fingerprint density at radius 2 is 2.31 bits per heavy atom. The molecule has 0 aliphatic rings. The van der Waals surface area contributed by atoms with Crippen molar-refractivity contribution in [3.05, 3.63) is 47.8 Å². The van der Waals surface area contributed by atoms with E-state index in [1.54, 1.807) is 0 Å². The van der Waals surface area contributed by atoms with Crippen molar-refractivity contribution in [2.45, 2.75) is 6.54 Å². The second kappa shape index (κ2) is 4.09. The number of primary amides is 1. The Labute approximate surface area is 90.7 Å². The number of carbonyl (C=O) groups excluding carboxylic acids is 1. The summed E-state index contributed by atoms with van der Waals surface area (Å²) >= 11 is 0. The number of aromatic nitrogens is 3. The smallest absolute Gasteiger partial charge is 0.248 e. The first-order valence-electron chi connectivity index (χ1n) is 4.57. The molecule has 0 bridgehead atoms. The van der Waals surface area contributed by atoms with Crippen LogP contribution in [0.1, 0.15) is 15.9 Å². The van der Waals surface area contributed by atoms with Gasteiger partial charge in [-0.05, 0) is 18.2 Å². The first-order chi connectivity index (χ1) is 7.66. The van der Waals surface area contributed by atoms with Crippen LogP contribution in [0.5, 0.6) is 0 Å². The van der Waals surface area contributed by atoms with Crippen LogP contribution in [0.15, 0.2) is 30.9 Å². The van der Waals surface area contributed by atoms with Crippen LogP contribution in [0.25, 0.3) is 0 Å². The predicted octanol–water partition coefficient (Wildman–Crippen LogP) is 0.564. The number of carbonyl (C=O) groups is 1. The second-order valence-electron chi connectivity index (χ2n) is 3.26. The van der Waals surface area contributed by atoms with E-state index in [1.807, 2.05) is 0 Å². The fraction of sp³-hybridized carbons (Fsp3) is 0.100. The number of hydrogen-bond donors (Lipinski definition) is 1. The van der Waals surface area contributed by atoms with Crippen LogP contribution in [-0.4, -0.2) is 20.7 Å². The van der Waals surface area contributed by atoms with Crippen molar-refractivity contribution >= 4 is 5.91 Å². The van der Waals surface area contributed by atoms with Gasteiger partial charge in [0.2, 0.25) is 5.91 Å². The van der Waals surface area contributed by atoms with E-state index in [0.717, 1.165) is 0 Å². The molecule has 1 heterocycles. The third-order valence-corrected chi connectivity index (χ3v) is 2.13. The van der Waals surface area contributed by atoms with E-state index < -0.39 is 11.7 Å². The van der Waals surface area contributed by atoms with Gasteiger partial charge in [-0.1, -0.05) is 0 Å². The number of rotatable bonds is 3. The fourth-order valence-corrected chi connectivity index (χ4v) is 1.34. The summed E-state index contributed by atoms with van der Waals surface area (Å²) in [7, 11) is 0. The average Bonchev–Trinajstić information content (AvgIpc) is 2.73. The van der Waals surface area contributed by atoms with Crippen molar-refractivity contribution < 1.29 is 9.18 Å². The number of nitrogens with two attached hydrogens (primary N) is 1. The Kier molecular flexibility index (Phi) is 2.63. The normalized spacial score (nSPS) is 10.3. The van der Waals surface area contributed by atoms with Gasteiger partial charge in [0.1, 0.15) is 18.5 Å². The van der Waals surface area contributed by atoms with Gasteiger partial charge in [0.25, 0.3) is 0 Å². The largest absolute Gasteiger partial charge is 0.366 e. The molecule has 6 heteroatoms. The highest BCUT2D eigenvalue weighted by molar-refractivity contribution is 5.92. The molecule has 0 radical (unpaired) electrons. The van der Waals surface area contributed by atoms with Crippen LogP contribution in [0.4, 0.5) is 4.39 Å². The van der Waals surface area contributed by atoms with Gasteiger partial charge >= 0.3 is 0 Å². The molecule has 0 saturated carbocycles. The number of hydrogen-bond acceptors (Lipinski definition) is 3. The van der Waals surface area contributed by atoms with Crippen molar-refractivity contribution in [2.75, 3.05) is 0 Å². The minimum absolute atomic E-state index is 0.215. The van der Waals surface area contributed by atoms with Crippen LogP contribution < -0.4 is 5.73 Å². The first-order valence-corrected chi connectivity index (χ1v) is 4.57. The van der Waals surface area contributed by atoms with Crippen molar-refractivity contribution in [1.82, 2.24) is 14.8 Å². The maximum Gasteiger partial charge on any atom is 0.248 e. The molecule has 2 aromatic rings. The van der Waals surface area contributed by atoms with E-state index in [2.05, 4.69) is 10.1 Å². The van der Waals surface area contributed by atoms with Gasteiger partial charge < -0.3 is 5.73 Å². The molecule has 16 heavy (non-hydrogen) atoms. The molecule has 5 nitrogen and oxygen atoms in total. The lowest BCUT2D eigenvalue weighted by Crippen LogP contribution is -2.12. The van der Waals surface area contributed by atoms with E-state index >= 15 is 0 Å². The van der Waals surface area contributed by atoms with Crippen molar-refractivity contribution in [1.29, 1.82) is 0 Å². The number of benzene rings is 1. The van der Waals surface area contributed by atoms with Gasteiger partial charge in [0.05, 0.1) is 6.54 Å². The maximum absolute atomic E-state index is 13.4. The maximum atomic E-state index is 13.4. The monoisotopic (exact) mass is 220 g/mol. The molecule has 0 unspecified atom stereocenters. The van der Waals surface area contributed by atoms with Crippen LogP contribution in [-0.2, 0) is 6.54 Å². The first kappa shape index (κ1) is 10.3. The van der Waals surface area contributed by atoms with Crippen LogP contribution in [0, 0.1) is 5.82 Å². The van der Waals surface area contributed by atoms with Gasteiger partial charge in [-0.15, -0.1) is 0 Å². The summed E-state index contributed by atoms with van der Waals surface area (Å²) in [4.78, 5) is 14.7. The number of nitrogens with zero attached hydrogens (tertiary/aromatic N) is 3.